The van der Waals surface area contributed by atoms with Crippen molar-refractivity contribution in [3.63, 3.8) is 0 Å². The number of nitrogens with zero attached hydrogens (tertiary/aromatic N) is 5. The number of fused-ring (bicyclic) bond motifs is 1. The van der Waals surface area contributed by atoms with Crippen LogP contribution in [0.2, 0.25) is 0 Å². The molecule has 2 fully saturated rings. The average molecular weight is 438 g/mol. The molecule has 0 atom stereocenters. The minimum absolute atomic E-state index is 0.0170. The van der Waals surface area contributed by atoms with Crippen LogP contribution in [0.3, 0.4) is 0 Å². The highest BCUT2D eigenvalue weighted by Gasteiger charge is 2.54. The number of carbonyl (C=O) groups excluding carboxylic acids is 1. The zero-order valence-corrected chi connectivity index (χ0v) is 18.1. The van der Waals surface area contributed by atoms with E-state index in [2.05, 4.69) is 16.5 Å². The van der Waals surface area contributed by atoms with E-state index in [1.807, 2.05) is 70.4 Å². The minimum atomic E-state index is 0.0170. The molecule has 164 valence electrons. The van der Waals surface area contributed by atoms with Crippen molar-refractivity contribution in [1.82, 2.24) is 24.6 Å². The van der Waals surface area contributed by atoms with Crippen molar-refractivity contribution in [2.24, 2.45) is 5.41 Å². The molecule has 1 saturated heterocycles. The van der Waals surface area contributed by atoms with Crippen LogP contribution in [-0.2, 0) is 4.79 Å². The van der Waals surface area contributed by atoms with Crippen molar-refractivity contribution in [2.75, 3.05) is 13.1 Å². The summed E-state index contributed by atoms with van der Waals surface area (Å²) < 4.78 is 7.96. The Hall–Kier alpha value is -4.00. The molecule has 7 nitrogen and oxygen atoms in total. The summed E-state index contributed by atoms with van der Waals surface area (Å²) in [4.78, 5) is 22.4. The van der Waals surface area contributed by atoms with Gasteiger partial charge in [0.05, 0.1) is 11.4 Å². The monoisotopic (exact) mass is 437 g/mol. The smallest absolute Gasteiger partial charge is 0.245 e. The van der Waals surface area contributed by atoms with Crippen molar-refractivity contribution >= 4 is 16.9 Å². The third-order valence-corrected chi connectivity index (χ3v) is 6.70. The van der Waals surface area contributed by atoms with Gasteiger partial charge in [-0.3, -0.25) is 4.79 Å². The second kappa shape index (κ2) is 7.55. The molecule has 2 aromatic carbocycles. The Kier molecular flexibility index (Phi) is 4.50. The van der Waals surface area contributed by atoms with E-state index in [0.717, 1.165) is 59.7 Å². The van der Waals surface area contributed by atoms with Crippen LogP contribution >= 0.6 is 0 Å². The van der Waals surface area contributed by atoms with E-state index in [4.69, 9.17) is 9.84 Å². The molecule has 3 heterocycles. The first kappa shape index (κ1) is 19.7. The average Bonchev–Trinajstić information content (AvgIpc) is 3.18. The lowest BCUT2D eigenvalue weighted by Gasteiger charge is -2.58. The summed E-state index contributed by atoms with van der Waals surface area (Å²) in [7, 11) is 0. The molecule has 1 aliphatic carbocycles. The molecular weight excluding hydrogens is 414 g/mol. The first-order chi connectivity index (χ1) is 16.1. The van der Waals surface area contributed by atoms with Gasteiger partial charge in [0.15, 0.2) is 5.65 Å². The van der Waals surface area contributed by atoms with Crippen LogP contribution in [0.5, 0.6) is 11.5 Å². The fraction of sp³-hybridized carbons (Fsp3) is 0.231. The highest BCUT2D eigenvalue weighted by Crippen LogP contribution is 2.54. The zero-order valence-electron chi connectivity index (χ0n) is 18.1. The van der Waals surface area contributed by atoms with Crippen LogP contribution in [0.15, 0.2) is 79.8 Å². The summed E-state index contributed by atoms with van der Waals surface area (Å²) in [6, 6.07) is 17.9. The van der Waals surface area contributed by atoms with Gasteiger partial charge in [-0.25, -0.2) is 14.6 Å². The van der Waals surface area contributed by atoms with Gasteiger partial charge in [0.25, 0.3) is 0 Å². The number of hydrogen-bond donors (Lipinski definition) is 0. The normalized spacial score (nSPS) is 16.9. The summed E-state index contributed by atoms with van der Waals surface area (Å²) in [6.07, 6.45) is 6.79. The maximum Gasteiger partial charge on any atom is 0.245 e. The van der Waals surface area contributed by atoms with Crippen LogP contribution in [0.4, 0.5) is 0 Å². The Morgan fingerprint density at radius 1 is 1.06 bits per heavy atom. The fourth-order valence-corrected chi connectivity index (χ4v) is 5.07. The molecule has 0 unspecified atom stereocenters. The second-order valence-corrected chi connectivity index (χ2v) is 8.95. The quantitative estimate of drug-likeness (QED) is 0.426. The van der Waals surface area contributed by atoms with Crippen LogP contribution < -0.4 is 4.74 Å². The Balaban J connectivity index is 1.24. The summed E-state index contributed by atoms with van der Waals surface area (Å²) in [6.45, 7) is 5.19. The number of carbonyl (C=O) groups is 1. The molecule has 2 aromatic heterocycles. The number of rotatable bonds is 5. The zero-order chi connectivity index (χ0) is 22.4. The lowest BCUT2D eigenvalue weighted by molar-refractivity contribution is -0.148. The van der Waals surface area contributed by atoms with E-state index in [1.165, 1.54) is 6.08 Å². The number of benzene rings is 2. The van der Waals surface area contributed by atoms with Gasteiger partial charge in [0, 0.05) is 30.3 Å². The number of likely N-dealkylation sites (tertiary alicyclic amines) is 1. The minimum Gasteiger partial charge on any atom is -0.457 e. The molecule has 0 bridgehead atoms. The predicted octanol–water partition coefficient (Wildman–Crippen LogP) is 4.64. The van der Waals surface area contributed by atoms with Gasteiger partial charge >= 0.3 is 0 Å². The lowest BCUT2D eigenvalue weighted by atomic mass is 9.60. The highest BCUT2D eigenvalue weighted by atomic mass is 16.5. The van der Waals surface area contributed by atoms with Crippen molar-refractivity contribution < 1.29 is 9.53 Å². The molecule has 1 saturated carbocycles. The third kappa shape index (κ3) is 3.36. The molecular formula is C26H23N5O2. The van der Waals surface area contributed by atoms with Crippen LogP contribution in [0.1, 0.15) is 18.9 Å². The molecule has 1 aliphatic heterocycles. The first-order valence-electron chi connectivity index (χ1n) is 11.1. The van der Waals surface area contributed by atoms with Crippen molar-refractivity contribution in [1.29, 1.82) is 0 Å². The fourth-order valence-electron chi connectivity index (χ4n) is 5.07. The molecule has 0 N–H and O–H groups in total. The highest BCUT2D eigenvalue weighted by molar-refractivity contribution is 5.90. The Morgan fingerprint density at radius 2 is 1.79 bits per heavy atom. The number of hydrogen-bond acceptors (Lipinski definition) is 5. The molecule has 33 heavy (non-hydrogen) atoms. The van der Waals surface area contributed by atoms with E-state index < -0.39 is 0 Å². The molecule has 4 aromatic rings. The Labute approximate surface area is 191 Å². The van der Waals surface area contributed by atoms with Gasteiger partial charge in [-0.1, -0.05) is 24.8 Å². The number of ether oxygens (including phenoxy) is 1. The van der Waals surface area contributed by atoms with Crippen molar-refractivity contribution in [3.05, 3.63) is 79.8 Å². The van der Waals surface area contributed by atoms with E-state index in [0.29, 0.717) is 0 Å². The third-order valence-electron chi connectivity index (χ3n) is 6.70. The van der Waals surface area contributed by atoms with E-state index >= 15 is 0 Å². The predicted molar refractivity (Wildman–Crippen MR) is 125 cm³/mol. The summed E-state index contributed by atoms with van der Waals surface area (Å²) >= 11 is 0. The van der Waals surface area contributed by atoms with Gasteiger partial charge in [-0.15, -0.1) is 0 Å². The van der Waals surface area contributed by atoms with Gasteiger partial charge < -0.3 is 9.64 Å². The first-order valence-corrected chi connectivity index (χ1v) is 11.1. The molecule has 0 radical (unpaired) electrons. The second-order valence-electron chi connectivity index (χ2n) is 8.95. The molecule has 2 aliphatic rings. The maximum atomic E-state index is 11.8. The molecule has 6 rings (SSSR count). The standard InChI is InChI=1S/C26H23N5O2/c1-2-23(32)30-15-26(16-30)12-19(13-26)31-25-22(14-27-17-28-25)24(29-31)18-8-10-21(11-9-18)33-20-6-4-3-5-7-20/h2-11,14,17,19H,1,12-13,15-16H2. The largest absolute Gasteiger partial charge is 0.457 e. The number of amides is 1. The van der Waals surface area contributed by atoms with Gasteiger partial charge in [0.1, 0.15) is 23.5 Å². The molecule has 7 heteroatoms. The maximum absolute atomic E-state index is 11.8. The van der Waals surface area contributed by atoms with Gasteiger partial charge in [-0.05, 0) is 55.3 Å². The molecule has 1 spiro atoms. The topological polar surface area (TPSA) is 73.1 Å². The SMILES string of the molecule is C=CC(=O)N1CC2(CC(n3nc(-c4ccc(Oc5ccccc5)cc4)c4cncnc43)C2)C1. The van der Waals surface area contributed by atoms with Crippen LogP contribution in [0, 0.1) is 5.41 Å². The van der Waals surface area contributed by atoms with E-state index in [9.17, 15) is 4.79 Å². The van der Waals surface area contributed by atoms with Crippen molar-refractivity contribution in [2.45, 2.75) is 18.9 Å². The van der Waals surface area contributed by atoms with Gasteiger partial charge in [-0.2, -0.15) is 5.10 Å². The summed E-state index contributed by atoms with van der Waals surface area (Å²) in [5, 5.41) is 5.90. The number of aromatic nitrogens is 4. The summed E-state index contributed by atoms with van der Waals surface area (Å²) in [5.74, 6) is 1.59. The lowest BCUT2D eigenvalue weighted by Crippen LogP contribution is -2.63. The van der Waals surface area contributed by atoms with Crippen LogP contribution in [-0.4, -0.2) is 43.6 Å². The van der Waals surface area contributed by atoms with E-state index in [-0.39, 0.29) is 17.4 Å². The van der Waals surface area contributed by atoms with Crippen LogP contribution in [0.25, 0.3) is 22.3 Å². The Bertz CT molecular complexity index is 1330. The summed E-state index contributed by atoms with van der Waals surface area (Å²) in [5.41, 5.74) is 2.93. The van der Waals surface area contributed by atoms with E-state index in [1.54, 1.807) is 6.33 Å². The Morgan fingerprint density at radius 3 is 2.52 bits per heavy atom. The van der Waals surface area contributed by atoms with Crippen molar-refractivity contribution in [3.8, 4) is 22.8 Å². The number of para-hydroxylation sites is 1. The van der Waals surface area contributed by atoms with Gasteiger partial charge in [0.2, 0.25) is 5.91 Å². The molecule has 1 amide bonds.